The maximum Gasteiger partial charge on any atom is 0.0249 e. The summed E-state index contributed by atoms with van der Waals surface area (Å²) in [6.07, 6.45) is 5.82. The molecule has 1 nitrogen and oxygen atoms in total. The molecular weight excluding hydrogens is 230 g/mol. The average molecular weight is 255 g/mol. The van der Waals surface area contributed by atoms with Crippen LogP contribution in [0.25, 0.3) is 0 Å². The van der Waals surface area contributed by atoms with Crippen LogP contribution >= 0.6 is 0 Å². The lowest BCUT2D eigenvalue weighted by atomic mass is 9.71. The first-order chi connectivity index (χ1) is 8.98. The Balaban J connectivity index is 1.61. The number of nitrogens with zero attached hydrogens (tertiary/aromatic N) is 1. The predicted molar refractivity (Wildman–Crippen MR) is 78.8 cm³/mol. The van der Waals surface area contributed by atoms with Crippen molar-refractivity contribution in [3.8, 4) is 0 Å². The fraction of sp³-hybridized carbons (Fsp3) is 0.667. The molecule has 4 aliphatic carbocycles. The molecule has 0 aromatic heterocycles. The molecule has 0 amide bonds. The highest BCUT2D eigenvalue weighted by Gasteiger charge is 2.74. The summed E-state index contributed by atoms with van der Waals surface area (Å²) in [5.74, 6) is 0.955. The van der Waals surface area contributed by atoms with Gasteiger partial charge in [0.1, 0.15) is 0 Å². The van der Waals surface area contributed by atoms with Crippen LogP contribution in [0.2, 0.25) is 0 Å². The van der Waals surface area contributed by atoms with Crippen molar-refractivity contribution in [1.82, 2.24) is 4.90 Å². The minimum absolute atomic E-state index is 0.513. The second-order valence-corrected chi connectivity index (χ2v) is 8.03. The molecule has 0 radical (unpaired) electrons. The first-order valence-electron chi connectivity index (χ1n) is 7.73. The van der Waals surface area contributed by atoms with E-state index < -0.39 is 0 Å². The van der Waals surface area contributed by atoms with Crippen molar-refractivity contribution in [2.45, 2.75) is 51.6 Å². The third kappa shape index (κ3) is 1.35. The SMILES string of the molecule is CN(Cc1ccccc1)C12CC3(C)CC1CC3(C)C2. The van der Waals surface area contributed by atoms with Gasteiger partial charge >= 0.3 is 0 Å². The van der Waals surface area contributed by atoms with E-state index in [0.29, 0.717) is 16.4 Å². The molecular formula is C18H25N. The van der Waals surface area contributed by atoms with Gasteiger partial charge in [-0.2, -0.15) is 0 Å². The predicted octanol–water partition coefficient (Wildman–Crippen LogP) is 4.09. The average Bonchev–Trinajstić information content (AvgIpc) is 2.94. The van der Waals surface area contributed by atoms with E-state index >= 15 is 0 Å². The van der Waals surface area contributed by atoms with Crippen molar-refractivity contribution in [3.63, 3.8) is 0 Å². The molecule has 0 heterocycles. The van der Waals surface area contributed by atoms with Gasteiger partial charge in [-0.25, -0.2) is 0 Å². The van der Waals surface area contributed by atoms with Crippen LogP contribution in [0, 0.1) is 16.7 Å². The molecule has 0 saturated heterocycles. The van der Waals surface area contributed by atoms with Crippen LogP contribution in [0.5, 0.6) is 0 Å². The zero-order valence-electron chi connectivity index (χ0n) is 12.4. The summed E-state index contributed by atoms with van der Waals surface area (Å²) in [7, 11) is 2.36. The molecule has 0 spiro atoms. The summed E-state index contributed by atoms with van der Waals surface area (Å²) in [4.78, 5) is 2.69. The van der Waals surface area contributed by atoms with Crippen molar-refractivity contribution in [2.24, 2.45) is 16.7 Å². The second kappa shape index (κ2) is 3.44. The Morgan fingerprint density at radius 3 is 2.11 bits per heavy atom. The Morgan fingerprint density at radius 1 is 1.05 bits per heavy atom. The third-order valence-corrected chi connectivity index (χ3v) is 7.03. The minimum atomic E-state index is 0.513. The highest BCUT2D eigenvalue weighted by atomic mass is 15.2. The highest BCUT2D eigenvalue weighted by Crippen LogP contribution is 2.79. The Labute approximate surface area is 117 Å². The van der Waals surface area contributed by atoms with Crippen LogP contribution in [0.1, 0.15) is 45.1 Å². The molecule has 2 atom stereocenters. The Kier molecular flexibility index (Phi) is 2.16. The number of rotatable bonds is 3. The lowest BCUT2D eigenvalue weighted by Crippen LogP contribution is -2.45. The van der Waals surface area contributed by atoms with Crippen LogP contribution < -0.4 is 0 Å². The minimum Gasteiger partial charge on any atom is -0.296 e. The van der Waals surface area contributed by atoms with Crippen LogP contribution in [0.15, 0.2) is 30.3 Å². The Morgan fingerprint density at radius 2 is 1.63 bits per heavy atom. The summed E-state index contributed by atoms with van der Waals surface area (Å²) in [5.41, 5.74) is 3.23. The maximum absolute atomic E-state index is 2.69. The molecule has 19 heavy (non-hydrogen) atoms. The van der Waals surface area contributed by atoms with Crippen LogP contribution in [0.4, 0.5) is 0 Å². The molecule has 5 rings (SSSR count). The largest absolute Gasteiger partial charge is 0.296 e. The first kappa shape index (κ1) is 12.0. The monoisotopic (exact) mass is 255 g/mol. The summed E-state index contributed by atoms with van der Waals surface area (Å²) in [6, 6.07) is 11.0. The van der Waals surface area contributed by atoms with Gasteiger partial charge in [-0.1, -0.05) is 44.2 Å². The van der Waals surface area contributed by atoms with Crippen molar-refractivity contribution < 1.29 is 0 Å². The Bertz CT molecular complexity index is 488. The van der Waals surface area contributed by atoms with E-state index in [1.165, 1.54) is 31.2 Å². The molecule has 1 aromatic rings. The lowest BCUT2D eigenvalue weighted by molar-refractivity contribution is 0.0927. The second-order valence-electron chi connectivity index (χ2n) is 8.03. The quantitative estimate of drug-likeness (QED) is 0.786. The van der Waals surface area contributed by atoms with Crippen molar-refractivity contribution in [3.05, 3.63) is 35.9 Å². The van der Waals surface area contributed by atoms with Gasteiger partial charge in [0.15, 0.2) is 0 Å². The molecule has 0 N–H and O–H groups in total. The summed E-state index contributed by atoms with van der Waals surface area (Å²) in [5, 5.41) is 0. The van der Waals surface area contributed by atoms with Crippen LogP contribution in [-0.4, -0.2) is 17.5 Å². The van der Waals surface area contributed by atoms with E-state index in [4.69, 9.17) is 0 Å². The van der Waals surface area contributed by atoms with Crippen molar-refractivity contribution in [2.75, 3.05) is 7.05 Å². The first-order valence-corrected chi connectivity index (χ1v) is 7.73. The van der Waals surface area contributed by atoms with E-state index in [9.17, 15) is 0 Å². The van der Waals surface area contributed by atoms with E-state index in [2.05, 4.69) is 56.1 Å². The van der Waals surface area contributed by atoms with Crippen molar-refractivity contribution >= 4 is 0 Å². The van der Waals surface area contributed by atoms with E-state index in [0.717, 1.165) is 12.5 Å². The summed E-state index contributed by atoms with van der Waals surface area (Å²) in [6.45, 7) is 6.22. The van der Waals surface area contributed by atoms with Gasteiger partial charge in [0.25, 0.3) is 0 Å². The fourth-order valence-electron chi connectivity index (χ4n) is 5.90. The van der Waals surface area contributed by atoms with Crippen molar-refractivity contribution in [1.29, 1.82) is 0 Å². The smallest absolute Gasteiger partial charge is 0.0249 e. The number of hydrogen-bond acceptors (Lipinski definition) is 1. The molecule has 4 fully saturated rings. The normalized spacial score (nSPS) is 46.6. The molecule has 2 unspecified atom stereocenters. The van der Waals surface area contributed by atoms with Crippen LogP contribution in [0.3, 0.4) is 0 Å². The summed E-state index contributed by atoms with van der Waals surface area (Å²) >= 11 is 0. The lowest BCUT2D eigenvalue weighted by Gasteiger charge is -2.39. The standard InChI is InChI=1S/C18H25N/c1-16-9-15-10-17(16,2)13-18(15,12-16)19(3)11-14-7-5-4-6-8-14/h4-8,15H,9-13H2,1-3H3. The van der Waals surface area contributed by atoms with Gasteiger partial charge in [-0.3, -0.25) is 4.90 Å². The van der Waals surface area contributed by atoms with Gasteiger partial charge in [-0.15, -0.1) is 0 Å². The number of hydrogen-bond donors (Lipinski definition) is 0. The molecule has 4 saturated carbocycles. The van der Waals surface area contributed by atoms with Gasteiger partial charge in [0, 0.05) is 12.1 Å². The van der Waals surface area contributed by atoms with E-state index in [1.807, 2.05) is 0 Å². The number of benzene rings is 1. The molecule has 102 valence electrons. The van der Waals surface area contributed by atoms with E-state index in [-0.39, 0.29) is 0 Å². The molecule has 4 bridgehead atoms. The Hall–Kier alpha value is -0.820. The van der Waals surface area contributed by atoms with Crippen LogP contribution in [-0.2, 0) is 6.54 Å². The molecule has 1 aromatic carbocycles. The maximum atomic E-state index is 2.69. The van der Waals surface area contributed by atoms with Gasteiger partial charge in [0.05, 0.1) is 0 Å². The third-order valence-electron chi connectivity index (χ3n) is 7.03. The molecule has 4 aliphatic rings. The van der Waals surface area contributed by atoms with Gasteiger partial charge in [-0.05, 0) is 55.0 Å². The van der Waals surface area contributed by atoms with E-state index in [1.54, 1.807) is 0 Å². The molecule has 1 heteroatoms. The zero-order valence-corrected chi connectivity index (χ0v) is 12.4. The molecule has 0 aliphatic heterocycles. The fourth-order valence-corrected chi connectivity index (χ4v) is 5.90. The van der Waals surface area contributed by atoms with Gasteiger partial charge in [0.2, 0.25) is 0 Å². The highest BCUT2D eigenvalue weighted by molar-refractivity contribution is 5.28. The van der Waals surface area contributed by atoms with Gasteiger partial charge < -0.3 is 0 Å². The topological polar surface area (TPSA) is 3.24 Å². The summed E-state index contributed by atoms with van der Waals surface area (Å²) < 4.78 is 0. The zero-order chi connectivity index (χ0) is 13.3.